The molecule has 2 heterocycles. The van der Waals surface area contributed by atoms with Crippen LogP contribution in [0.2, 0.25) is 0 Å². The van der Waals surface area contributed by atoms with Crippen molar-refractivity contribution in [3.05, 3.63) is 73.0 Å². The number of aryl methyl sites for hydroxylation is 1. The molecule has 0 atom stereocenters. The van der Waals surface area contributed by atoms with Crippen LogP contribution in [-0.2, 0) is 11.3 Å². The minimum Gasteiger partial charge on any atom is -0.326 e. The summed E-state index contributed by atoms with van der Waals surface area (Å²) in [6.45, 7) is 2.25. The van der Waals surface area contributed by atoms with Crippen molar-refractivity contribution >= 4 is 34.3 Å². The van der Waals surface area contributed by atoms with Crippen LogP contribution in [0.5, 0.6) is 0 Å². The Hall–Kier alpha value is -2.62. The number of thiophene rings is 1. The smallest absolute Gasteiger partial charge is 0.307 e. The average Bonchev–Trinajstić information content (AvgIpc) is 3.22. The molecule has 1 amide bonds. The van der Waals surface area contributed by atoms with E-state index in [1.54, 1.807) is 21.3 Å². The van der Waals surface area contributed by atoms with Crippen molar-refractivity contribution in [3.8, 4) is 11.8 Å². The molecular weight excluding hydrogens is 352 g/mol. The number of rotatable bonds is 4. The highest BCUT2D eigenvalue weighted by atomic mass is 32.1. The maximum Gasteiger partial charge on any atom is 0.307 e. The summed E-state index contributed by atoms with van der Waals surface area (Å²) in [5.74, 6) is 6.07. The van der Waals surface area contributed by atoms with Gasteiger partial charge >= 0.3 is 4.87 Å². The van der Waals surface area contributed by atoms with Gasteiger partial charge in [0.15, 0.2) is 0 Å². The van der Waals surface area contributed by atoms with Gasteiger partial charge in [-0.25, -0.2) is 0 Å². The van der Waals surface area contributed by atoms with E-state index < -0.39 is 0 Å². The first-order chi connectivity index (χ1) is 12.1. The summed E-state index contributed by atoms with van der Waals surface area (Å²) in [6.07, 6.45) is 0.253. The van der Waals surface area contributed by atoms with E-state index in [9.17, 15) is 9.59 Å². The van der Waals surface area contributed by atoms with Crippen LogP contribution in [-0.4, -0.2) is 10.5 Å². The molecule has 1 N–H and O–H groups in total. The second-order valence-corrected chi connectivity index (χ2v) is 7.17. The minimum atomic E-state index is -0.124. The Morgan fingerprint density at radius 1 is 1.20 bits per heavy atom. The molecule has 1 aromatic carbocycles. The first kappa shape index (κ1) is 17.2. The molecule has 126 valence electrons. The molecule has 0 aliphatic rings. The molecule has 0 saturated carbocycles. The Bertz CT molecular complexity index is 988. The third-order valence-electron chi connectivity index (χ3n) is 3.54. The normalized spacial score (nSPS) is 10.1. The van der Waals surface area contributed by atoms with Gasteiger partial charge in [-0.05, 0) is 36.6 Å². The van der Waals surface area contributed by atoms with Gasteiger partial charge in [0.1, 0.15) is 0 Å². The van der Waals surface area contributed by atoms with Gasteiger partial charge in [0.25, 0.3) is 0 Å². The Balaban J connectivity index is 1.62. The number of carbonyl (C=O) groups is 1. The number of nitrogens with zero attached hydrogens (tertiary/aromatic N) is 1. The van der Waals surface area contributed by atoms with Crippen LogP contribution < -0.4 is 10.2 Å². The van der Waals surface area contributed by atoms with Crippen LogP contribution >= 0.6 is 22.7 Å². The van der Waals surface area contributed by atoms with Gasteiger partial charge in [0, 0.05) is 35.3 Å². The van der Waals surface area contributed by atoms with Crippen molar-refractivity contribution < 1.29 is 4.79 Å². The monoisotopic (exact) mass is 368 g/mol. The van der Waals surface area contributed by atoms with Crippen LogP contribution in [0.25, 0.3) is 0 Å². The Kier molecular flexibility index (Phi) is 5.49. The summed E-state index contributed by atoms with van der Waals surface area (Å²) in [5.41, 5.74) is 2.43. The number of anilines is 1. The third-order valence-corrected chi connectivity index (χ3v) is 5.20. The van der Waals surface area contributed by atoms with E-state index in [0.717, 1.165) is 27.5 Å². The lowest BCUT2D eigenvalue weighted by Gasteiger charge is -2.07. The molecule has 0 aliphatic heterocycles. The SMILES string of the molecule is Cc1csc(=O)n1CCC(=O)Nc1cccc(C#Cc2cccs2)c1. The maximum absolute atomic E-state index is 12.1. The van der Waals surface area contributed by atoms with Crippen LogP contribution in [0.15, 0.2) is 52.0 Å². The predicted molar refractivity (Wildman–Crippen MR) is 103 cm³/mol. The molecular formula is C19H16N2O2S2. The summed E-state index contributed by atoms with van der Waals surface area (Å²) in [6, 6.07) is 11.4. The number of carbonyl (C=O) groups excluding carboxylic acids is 1. The Labute approximate surface area is 153 Å². The van der Waals surface area contributed by atoms with E-state index in [-0.39, 0.29) is 17.2 Å². The van der Waals surface area contributed by atoms with Gasteiger partial charge in [-0.2, -0.15) is 0 Å². The predicted octanol–water partition coefficient (Wildman–Crippen LogP) is 3.71. The van der Waals surface area contributed by atoms with Gasteiger partial charge in [0.05, 0.1) is 4.88 Å². The summed E-state index contributed by atoms with van der Waals surface area (Å²) >= 11 is 2.75. The van der Waals surface area contributed by atoms with Crippen molar-refractivity contribution in [1.82, 2.24) is 4.57 Å². The topological polar surface area (TPSA) is 51.1 Å². The molecule has 0 unspecified atom stereocenters. The highest BCUT2D eigenvalue weighted by Crippen LogP contribution is 2.12. The summed E-state index contributed by atoms with van der Waals surface area (Å²) < 4.78 is 1.62. The quantitative estimate of drug-likeness (QED) is 0.714. The van der Waals surface area contributed by atoms with Crippen LogP contribution in [0.3, 0.4) is 0 Å². The molecule has 25 heavy (non-hydrogen) atoms. The molecule has 0 fully saturated rings. The molecule has 3 rings (SSSR count). The fourth-order valence-electron chi connectivity index (χ4n) is 2.27. The van der Waals surface area contributed by atoms with Gasteiger partial charge in [0.2, 0.25) is 5.91 Å². The summed E-state index contributed by atoms with van der Waals surface area (Å²) in [7, 11) is 0. The van der Waals surface area contributed by atoms with Crippen molar-refractivity contribution in [2.24, 2.45) is 0 Å². The number of amides is 1. The first-order valence-corrected chi connectivity index (χ1v) is 9.48. The first-order valence-electron chi connectivity index (χ1n) is 7.72. The van der Waals surface area contributed by atoms with E-state index in [2.05, 4.69) is 17.2 Å². The largest absolute Gasteiger partial charge is 0.326 e. The van der Waals surface area contributed by atoms with Crippen molar-refractivity contribution in [2.45, 2.75) is 19.9 Å². The third kappa shape index (κ3) is 4.69. The maximum atomic E-state index is 12.1. The van der Waals surface area contributed by atoms with Gasteiger partial charge in [-0.3, -0.25) is 9.59 Å². The number of aromatic nitrogens is 1. The zero-order chi connectivity index (χ0) is 17.6. The van der Waals surface area contributed by atoms with Crippen LogP contribution in [0.4, 0.5) is 5.69 Å². The van der Waals surface area contributed by atoms with Crippen molar-refractivity contribution in [3.63, 3.8) is 0 Å². The van der Waals surface area contributed by atoms with Crippen LogP contribution in [0, 0.1) is 18.8 Å². The zero-order valence-electron chi connectivity index (χ0n) is 13.6. The van der Waals surface area contributed by atoms with E-state index in [0.29, 0.717) is 12.2 Å². The van der Waals surface area contributed by atoms with Crippen molar-refractivity contribution in [2.75, 3.05) is 5.32 Å². The second kappa shape index (κ2) is 7.97. The summed E-state index contributed by atoms with van der Waals surface area (Å²) in [4.78, 5) is 24.8. The molecule has 6 heteroatoms. The minimum absolute atomic E-state index is 0.0313. The van der Waals surface area contributed by atoms with Gasteiger partial charge in [-0.1, -0.05) is 35.3 Å². The second-order valence-electron chi connectivity index (χ2n) is 5.40. The van der Waals surface area contributed by atoms with Gasteiger partial charge < -0.3 is 9.88 Å². The van der Waals surface area contributed by atoms with E-state index in [1.807, 2.05) is 48.7 Å². The fraction of sp³-hybridized carbons (Fsp3) is 0.158. The Morgan fingerprint density at radius 3 is 2.80 bits per heavy atom. The summed E-state index contributed by atoms with van der Waals surface area (Å²) in [5, 5.41) is 6.65. The van der Waals surface area contributed by atoms with E-state index >= 15 is 0 Å². The molecule has 0 aliphatic carbocycles. The number of hydrogen-bond donors (Lipinski definition) is 1. The molecule has 2 aromatic heterocycles. The van der Waals surface area contributed by atoms with Crippen molar-refractivity contribution in [1.29, 1.82) is 0 Å². The zero-order valence-corrected chi connectivity index (χ0v) is 15.2. The number of benzene rings is 1. The molecule has 4 nitrogen and oxygen atoms in total. The molecule has 0 radical (unpaired) electrons. The molecule has 0 spiro atoms. The fourth-order valence-corrected chi connectivity index (χ4v) is 3.60. The van der Waals surface area contributed by atoms with E-state index in [4.69, 9.17) is 0 Å². The molecule has 0 saturated heterocycles. The highest BCUT2D eigenvalue weighted by molar-refractivity contribution is 7.10. The lowest BCUT2D eigenvalue weighted by molar-refractivity contribution is -0.116. The number of hydrogen-bond acceptors (Lipinski definition) is 4. The lowest BCUT2D eigenvalue weighted by atomic mass is 10.2. The van der Waals surface area contributed by atoms with Crippen LogP contribution in [0.1, 0.15) is 22.6 Å². The van der Waals surface area contributed by atoms with E-state index in [1.165, 1.54) is 0 Å². The number of nitrogens with one attached hydrogen (secondary N) is 1. The van der Waals surface area contributed by atoms with Gasteiger partial charge in [-0.15, -0.1) is 11.3 Å². The molecule has 3 aromatic rings. The lowest BCUT2D eigenvalue weighted by Crippen LogP contribution is -2.20. The number of thiazole rings is 1. The highest BCUT2D eigenvalue weighted by Gasteiger charge is 2.07. The average molecular weight is 368 g/mol. The Morgan fingerprint density at radius 2 is 2.08 bits per heavy atom. The standard InChI is InChI=1S/C19H16N2O2S2/c1-14-13-25-19(23)21(14)10-9-18(22)20-16-5-2-4-15(12-16)7-8-17-6-3-11-24-17/h2-6,11-13H,9-10H2,1H3,(H,20,22). The molecule has 0 bridgehead atoms.